The zero-order valence-electron chi connectivity index (χ0n) is 20.0. The van der Waals surface area contributed by atoms with Gasteiger partial charge in [0, 0.05) is 31.8 Å². The van der Waals surface area contributed by atoms with Crippen LogP contribution in [-0.2, 0) is 22.2 Å². The van der Waals surface area contributed by atoms with Crippen LogP contribution >= 0.6 is 0 Å². The summed E-state index contributed by atoms with van der Waals surface area (Å²) in [5, 5.41) is 0. The second-order valence-electron chi connectivity index (χ2n) is 8.65. The van der Waals surface area contributed by atoms with Gasteiger partial charge in [-0.15, -0.1) is 0 Å². The van der Waals surface area contributed by atoms with E-state index in [0.717, 1.165) is 60.2 Å². The van der Waals surface area contributed by atoms with Crippen molar-refractivity contribution in [2.75, 3.05) is 6.54 Å². The first kappa shape index (κ1) is 26.0. The monoisotopic (exact) mass is 476 g/mol. The summed E-state index contributed by atoms with van der Waals surface area (Å²) in [5.74, 6) is 0.358. The van der Waals surface area contributed by atoms with E-state index in [1.807, 2.05) is 72.9 Å². The molecule has 5 heteroatoms. The number of Topliss-reactive ketones (excluding diaryl/α,β-unsaturated/α-hetero) is 1. The first-order valence-corrected chi connectivity index (χ1v) is 13.6. The Morgan fingerprint density at radius 1 is 0.765 bits per heavy atom. The van der Waals surface area contributed by atoms with Gasteiger partial charge in [0.15, 0.2) is 0 Å². The van der Waals surface area contributed by atoms with Gasteiger partial charge in [0.25, 0.3) is 0 Å². The number of nitrogens with one attached hydrogen (secondary N) is 1. The standard InChI is InChI=1S/C29H36N2O2S/c32-27(21-20-25-14-13-22-30-24-25)17-9-4-2-1-3-5-12-23-31-34(33)29-19-11-10-18-28(29)26-15-7-6-8-16-26/h6-8,10-11,13-16,18-19,22,24,31H,1-5,9,12,17,20-21,23H2. The van der Waals surface area contributed by atoms with Gasteiger partial charge in [-0.3, -0.25) is 9.78 Å². The van der Waals surface area contributed by atoms with Crippen molar-refractivity contribution < 1.29 is 9.00 Å². The summed E-state index contributed by atoms with van der Waals surface area (Å²) in [6, 6.07) is 21.9. The average molecular weight is 477 g/mol. The van der Waals surface area contributed by atoms with Crippen LogP contribution in [0.15, 0.2) is 84.0 Å². The number of rotatable bonds is 16. The lowest BCUT2D eigenvalue weighted by atomic mass is 10.0. The molecule has 0 aliphatic carbocycles. The van der Waals surface area contributed by atoms with E-state index >= 15 is 0 Å². The van der Waals surface area contributed by atoms with E-state index in [-0.39, 0.29) is 0 Å². The number of benzene rings is 2. The molecule has 0 saturated carbocycles. The summed E-state index contributed by atoms with van der Waals surface area (Å²) >= 11 is 0. The Morgan fingerprint density at radius 2 is 1.47 bits per heavy atom. The Balaban J connectivity index is 1.21. The van der Waals surface area contributed by atoms with Crippen molar-refractivity contribution in [2.45, 2.75) is 69.1 Å². The lowest BCUT2D eigenvalue weighted by molar-refractivity contribution is -0.119. The maximum Gasteiger partial charge on any atom is 0.133 e. The fourth-order valence-corrected chi connectivity index (χ4v) is 5.09. The highest BCUT2D eigenvalue weighted by Crippen LogP contribution is 2.25. The highest BCUT2D eigenvalue weighted by Gasteiger charge is 2.10. The minimum Gasteiger partial charge on any atom is -0.300 e. The van der Waals surface area contributed by atoms with E-state index in [1.165, 1.54) is 19.3 Å². The molecule has 0 aliphatic heterocycles. The van der Waals surface area contributed by atoms with Crippen molar-refractivity contribution >= 4 is 16.8 Å². The van der Waals surface area contributed by atoms with Crippen LogP contribution in [0.4, 0.5) is 0 Å². The third-order valence-electron chi connectivity index (χ3n) is 5.95. The molecule has 34 heavy (non-hydrogen) atoms. The zero-order valence-corrected chi connectivity index (χ0v) is 20.8. The molecular formula is C29H36N2O2S. The van der Waals surface area contributed by atoms with Crippen LogP contribution in [-0.4, -0.2) is 21.5 Å². The van der Waals surface area contributed by atoms with Gasteiger partial charge in [-0.25, -0.2) is 8.93 Å². The molecule has 0 amide bonds. The number of carbonyl (C=O) groups excluding carboxylic acids is 1. The number of ketones is 1. The van der Waals surface area contributed by atoms with Crippen LogP contribution < -0.4 is 4.72 Å². The number of nitrogens with zero attached hydrogens (tertiary/aromatic N) is 1. The van der Waals surface area contributed by atoms with Crippen LogP contribution in [0.1, 0.15) is 63.4 Å². The number of pyridine rings is 1. The second kappa shape index (κ2) is 15.3. The van der Waals surface area contributed by atoms with Crippen LogP contribution in [0.3, 0.4) is 0 Å². The molecule has 1 unspecified atom stereocenters. The van der Waals surface area contributed by atoms with E-state index in [9.17, 15) is 9.00 Å². The lowest BCUT2D eigenvalue weighted by Gasteiger charge is -2.10. The molecular weight excluding hydrogens is 440 g/mol. The van der Waals surface area contributed by atoms with Gasteiger partial charge >= 0.3 is 0 Å². The maximum atomic E-state index is 12.8. The van der Waals surface area contributed by atoms with Gasteiger partial charge in [0.1, 0.15) is 16.8 Å². The normalized spacial score (nSPS) is 11.9. The number of aromatic nitrogens is 1. The first-order valence-electron chi connectivity index (χ1n) is 12.4. The van der Waals surface area contributed by atoms with Gasteiger partial charge in [0.05, 0.1) is 4.90 Å². The lowest BCUT2D eigenvalue weighted by Crippen LogP contribution is -2.19. The molecule has 1 aromatic heterocycles. The molecule has 2 aromatic carbocycles. The summed E-state index contributed by atoms with van der Waals surface area (Å²) in [6.07, 6.45) is 13.5. The molecule has 0 spiro atoms. The Hall–Kier alpha value is -2.63. The predicted octanol–water partition coefficient (Wildman–Crippen LogP) is 6.68. The summed E-state index contributed by atoms with van der Waals surface area (Å²) in [4.78, 5) is 17.0. The third kappa shape index (κ3) is 9.32. The van der Waals surface area contributed by atoms with Crippen molar-refractivity contribution in [2.24, 2.45) is 0 Å². The fraction of sp³-hybridized carbons (Fsp3) is 0.379. The Labute approximate surface area is 206 Å². The molecule has 1 heterocycles. The first-order chi connectivity index (χ1) is 16.7. The van der Waals surface area contributed by atoms with Crippen molar-refractivity contribution in [3.8, 4) is 11.1 Å². The van der Waals surface area contributed by atoms with Gasteiger partial charge in [-0.1, -0.05) is 86.7 Å². The fourth-order valence-electron chi connectivity index (χ4n) is 4.01. The molecule has 4 nitrogen and oxygen atoms in total. The number of hydrogen-bond donors (Lipinski definition) is 1. The number of aryl methyl sites for hydroxylation is 1. The van der Waals surface area contributed by atoms with E-state index < -0.39 is 11.0 Å². The van der Waals surface area contributed by atoms with Crippen molar-refractivity contribution in [1.29, 1.82) is 0 Å². The van der Waals surface area contributed by atoms with Crippen LogP contribution in [0.5, 0.6) is 0 Å². The third-order valence-corrected chi connectivity index (χ3v) is 7.17. The molecule has 3 aromatic rings. The predicted molar refractivity (Wildman–Crippen MR) is 141 cm³/mol. The maximum absolute atomic E-state index is 12.8. The highest BCUT2D eigenvalue weighted by molar-refractivity contribution is 7.83. The SMILES string of the molecule is O=C(CCCCCCCCCNS(=O)c1ccccc1-c1ccccc1)CCc1cccnc1. The van der Waals surface area contributed by atoms with E-state index in [4.69, 9.17) is 0 Å². The van der Waals surface area contributed by atoms with Gasteiger partial charge < -0.3 is 0 Å². The largest absolute Gasteiger partial charge is 0.300 e. The van der Waals surface area contributed by atoms with E-state index in [2.05, 4.69) is 9.71 Å². The van der Waals surface area contributed by atoms with Crippen molar-refractivity contribution in [3.05, 3.63) is 84.7 Å². The minimum absolute atomic E-state index is 0.358. The van der Waals surface area contributed by atoms with Crippen molar-refractivity contribution in [1.82, 2.24) is 9.71 Å². The quantitative estimate of drug-likeness (QED) is 0.235. The van der Waals surface area contributed by atoms with E-state index in [0.29, 0.717) is 18.6 Å². The van der Waals surface area contributed by atoms with E-state index in [1.54, 1.807) is 6.20 Å². The Kier molecular flexibility index (Phi) is 11.7. The summed E-state index contributed by atoms with van der Waals surface area (Å²) in [7, 11) is -1.21. The minimum atomic E-state index is -1.21. The second-order valence-corrected chi connectivity index (χ2v) is 9.92. The average Bonchev–Trinajstić information content (AvgIpc) is 2.89. The number of carbonyl (C=O) groups is 1. The molecule has 1 N–H and O–H groups in total. The van der Waals surface area contributed by atoms with Gasteiger partial charge in [-0.05, 0) is 48.1 Å². The number of unbranched alkanes of at least 4 members (excludes halogenated alkanes) is 6. The summed E-state index contributed by atoms with van der Waals surface area (Å²) in [6.45, 7) is 0.751. The highest BCUT2D eigenvalue weighted by atomic mass is 32.2. The van der Waals surface area contributed by atoms with Crippen LogP contribution in [0.25, 0.3) is 11.1 Å². The molecule has 3 rings (SSSR count). The molecule has 180 valence electrons. The zero-order chi connectivity index (χ0) is 23.8. The molecule has 0 fully saturated rings. The summed E-state index contributed by atoms with van der Waals surface area (Å²) < 4.78 is 16.0. The molecule has 0 aliphatic rings. The number of hydrogen-bond acceptors (Lipinski definition) is 3. The van der Waals surface area contributed by atoms with Gasteiger partial charge in [0.2, 0.25) is 0 Å². The molecule has 0 radical (unpaired) electrons. The molecule has 0 bridgehead atoms. The molecule has 0 saturated heterocycles. The topological polar surface area (TPSA) is 59.1 Å². The smallest absolute Gasteiger partial charge is 0.133 e. The van der Waals surface area contributed by atoms with Crippen LogP contribution in [0, 0.1) is 0 Å². The Bertz CT molecular complexity index is 1010. The van der Waals surface area contributed by atoms with Crippen LogP contribution in [0.2, 0.25) is 0 Å². The Morgan fingerprint density at radius 3 is 2.24 bits per heavy atom. The van der Waals surface area contributed by atoms with Crippen molar-refractivity contribution in [3.63, 3.8) is 0 Å². The summed E-state index contributed by atoms with van der Waals surface area (Å²) in [5.41, 5.74) is 3.24. The molecule has 1 atom stereocenters. The van der Waals surface area contributed by atoms with Gasteiger partial charge in [-0.2, -0.15) is 0 Å².